The average Bonchev–Trinajstić information content (AvgIpc) is 3.07. The number of hydrogen-bond acceptors (Lipinski definition) is 4. The molecular formula is C18H23N5O3. The average molecular weight is 357 g/mol. The number of fused-ring (bicyclic) bond motifs is 1. The number of hydrogen-bond donors (Lipinski definition) is 3. The number of nitrogens with one attached hydrogen (secondary N) is 3. The fourth-order valence-corrected chi connectivity index (χ4v) is 3.05. The Morgan fingerprint density at radius 3 is 2.85 bits per heavy atom. The van der Waals surface area contributed by atoms with Gasteiger partial charge in [-0.1, -0.05) is 12.1 Å². The van der Waals surface area contributed by atoms with Crippen LogP contribution in [0.2, 0.25) is 0 Å². The van der Waals surface area contributed by atoms with Crippen LogP contribution >= 0.6 is 0 Å². The van der Waals surface area contributed by atoms with Crippen LogP contribution in [0.25, 0.3) is 11.0 Å². The minimum atomic E-state index is -0.390. The largest absolute Gasteiger partial charge is 0.461 e. The molecule has 0 fully saturated rings. The van der Waals surface area contributed by atoms with Crippen molar-refractivity contribution in [1.29, 1.82) is 0 Å². The number of rotatable bonds is 5. The van der Waals surface area contributed by atoms with Crippen LogP contribution in [0.15, 0.2) is 27.4 Å². The molecule has 3 aromatic rings. The molecule has 1 atom stereocenters. The van der Waals surface area contributed by atoms with E-state index in [9.17, 15) is 9.59 Å². The molecule has 3 N–H and O–H groups in total. The normalized spacial score (nSPS) is 12.3. The van der Waals surface area contributed by atoms with Gasteiger partial charge in [-0.3, -0.25) is 4.57 Å². The highest BCUT2D eigenvalue weighted by atomic mass is 16.3. The Morgan fingerprint density at radius 2 is 2.15 bits per heavy atom. The highest BCUT2D eigenvalue weighted by Gasteiger charge is 2.16. The van der Waals surface area contributed by atoms with Gasteiger partial charge in [0, 0.05) is 24.5 Å². The molecule has 2 amide bonds. The van der Waals surface area contributed by atoms with Gasteiger partial charge in [-0.05, 0) is 38.8 Å². The zero-order valence-corrected chi connectivity index (χ0v) is 15.3. The van der Waals surface area contributed by atoms with E-state index < -0.39 is 6.04 Å². The van der Waals surface area contributed by atoms with Gasteiger partial charge in [0.2, 0.25) is 0 Å². The first kappa shape index (κ1) is 17.8. The number of benzene rings is 1. The van der Waals surface area contributed by atoms with Crippen molar-refractivity contribution in [2.24, 2.45) is 7.05 Å². The molecule has 8 nitrogen and oxygen atoms in total. The second-order valence-corrected chi connectivity index (χ2v) is 6.45. The number of aromatic nitrogens is 3. The minimum absolute atomic E-state index is 0.311. The van der Waals surface area contributed by atoms with Crippen LogP contribution in [0.1, 0.15) is 35.7 Å². The number of nitrogens with zero attached hydrogens (tertiary/aromatic N) is 2. The highest BCUT2D eigenvalue weighted by molar-refractivity contribution is 5.83. The fourth-order valence-electron chi connectivity index (χ4n) is 3.05. The van der Waals surface area contributed by atoms with Gasteiger partial charge in [-0.25, -0.2) is 14.7 Å². The molecule has 0 saturated carbocycles. The predicted molar refractivity (Wildman–Crippen MR) is 98.2 cm³/mol. The molecule has 0 spiro atoms. The lowest BCUT2D eigenvalue weighted by Gasteiger charge is -2.13. The first-order chi connectivity index (χ1) is 12.4. The predicted octanol–water partition coefficient (Wildman–Crippen LogP) is 2.07. The second-order valence-electron chi connectivity index (χ2n) is 6.45. The molecule has 2 aromatic heterocycles. The minimum Gasteiger partial charge on any atom is -0.461 e. The third-order valence-electron chi connectivity index (χ3n) is 4.46. The summed E-state index contributed by atoms with van der Waals surface area (Å²) < 4.78 is 7.17. The van der Waals surface area contributed by atoms with Crippen molar-refractivity contribution in [2.45, 2.75) is 33.2 Å². The van der Waals surface area contributed by atoms with E-state index in [4.69, 9.17) is 4.42 Å². The van der Waals surface area contributed by atoms with Gasteiger partial charge in [-0.15, -0.1) is 0 Å². The molecule has 8 heteroatoms. The third kappa shape index (κ3) is 3.49. The van der Waals surface area contributed by atoms with Crippen molar-refractivity contribution >= 4 is 17.0 Å². The molecule has 138 valence electrons. The van der Waals surface area contributed by atoms with Crippen molar-refractivity contribution in [3.05, 3.63) is 51.4 Å². The maximum absolute atomic E-state index is 12.1. The van der Waals surface area contributed by atoms with Crippen LogP contribution in [0, 0.1) is 13.8 Å². The van der Waals surface area contributed by atoms with E-state index in [1.807, 2.05) is 19.9 Å². The number of furan rings is 1. The van der Waals surface area contributed by atoms with E-state index in [1.54, 1.807) is 14.0 Å². The van der Waals surface area contributed by atoms with Crippen LogP contribution in [0.3, 0.4) is 0 Å². The van der Waals surface area contributed by atoms with Crippen LogP contribution in [-0.2, 0) is 13.5 Å². The Bertz CT molecular complexity index is 998. The summed E-state index contributed by atoms with van der Waals surface area (Å²) in [5.41, 5.74) is 2.81. The summed E-state index contributed by atoms with van der Waals surface area (Å²) in [6.07, 6.45) is 0.671. The summed E-state index contributed by atoms with van der Waals surface area (Å²) in [4.78, 5) is 23.5. The van der Waals surface area contributed by atoms with Gasteiger partial charge in [0.25, 0.3) is 0 Å². The molecule has 0 aliphatic rings. The zero-order chi connectivity index (χ0) is 18.8. The Kier molecular flexibility index (Phi) is 4.83. The lowest BCUT2D eigenvalue weighted by molar-refractivity contribution is 0.237. The van der Waals surface area contributed by atoms with Crippen molar-refractivity contribution in [2.75, 3.05) is 6.54 Å². The summed E-state index contributed by atoms with van der Waals surface area (Å²) in [6.45, 7) is 6.21. The van der Waals surface area contributed by atoms with E-state index in [1.165, 1.54) is 4.57 Å². The summed E-state index contributed by atoms with van der Waals surface area (Å²) in [5, 5.41) is 13.0. The van der Waals surface area contributed by atoms with Gasteiger partial charge in [0.1, 0.15) is 11.3 Å². The quantitative estimate of drug-likeness (QED) is 0.650. The van der Waals surface area contributed by atoms with Crippen LogP contribution in [-0.4, -0.2) is 27.3 Å². The standard InChI is InChI=1S/C18H23N5O3/c1-10-5-6-14-13(12(3)26-15(14)9-10)7-8-19-17(24)20-11(2)16-21-22-18(25)23(16)4/h5-6,9,11H,7-8H2,1-4H3,(H,22,25)(H2,19,20,24). The van der Waals surface area contributed by atoms with E-state index in [0.717, 1.165) is 27.9 Å². The lowest BCUT2D eigenvalue weighted by Crippen LogP contribution is -2.39. The van der Waals surface area contributed by atoms with E-state index in [-0.39, 0.29) is 11.7 Å². The second kappa shape index (κ2) is 7.07. The molecule has 3 rings (SSSR count). The molecule has 0 aliphatic heterocycles. The Labute approximate surface area is 150 Å². The van der Waals surface area contributed by atoms with Gasteiger partial charge < -0.3 is 15.1 Å². The number of carbonyl (C=O) groups excluding carboxylic acids is 1. The number of aryl methyl sites for hydroxylation is 2. The number of H-pyrrole nitrogens is 1. The molecule has 2 heterocycles. The highest BCUT2D eigenvalue weighted by Crippen LogP contribution is 2.26. The monoisotopic (exact) mass is 357 g/mol. The van der Waals surface area contributed by atoms with Gasteiger partial charge in [0.15, 0.2) is 5.82 Å². The molecule has 0 bridgehead atoms. The van der Waals surface area contributed by atoms with Crippen LogP contribution in [0.5, 0.6) is 0 Å². The SMILES string of the molecule is Cc1ccc2c(CCNC(=O)NC(C)c3n[nH]c(=O)n3C)c(C)oc2c1. The van der Waals surface area contributed by atoms with Gasteiger partial charge in [0.05, 0.1) is 6.04 Å². The Hall–Kier alpha value is -3.03. The van der Waals surface area contributed by atoms with E-state index in [2.05, 4.69) is 33.0 Å². The molecule has 26 heavy (non-hydrogen) atoms. The van der Waals surface area contributed by atoms with Crippen LogP contribution in [0.4, 0.5) is 4.79 Å². The maximum Gasteiger partial charge on any atom is 0.343 e. The fraction of sp³-hybridized carbons (Fsp3) is 0.389. The Balaban J connectivity index is 1.58. The molecule has 0 aliphatic carbocycles. The van der Waals surface area contributed by atoms with Crippen molar-refractivity contribution in [3.8, 4) is 0 Å². The topological polar surface area (TPSA) is 105 Å². The first-order valence-electron chi connectivity index (χ1n) is 8.51. The first-order valence-corrected chi connectivity index (χ1v) is 8.51. The Morgan fingerprint density at radius 1 is 1.38 bits per heavy atom. The zero-order valence-electron chi connectivity index (χ0n) is 15.3. The van der Waals surface area contributed by atoms with E-state index >= 15 is 0 Å². The van der Waals surface area contributed by atoms with Gasteiger partial charge in [-0.2, -0.15) is 5.10 Å². The van der Waals surface area contributed by atoms with Crippen molar-refractivity contribution in [3.63, 3.8) is 0 Å². The summed E-state index contributed by atoms with van der Waals surface area (Å²) in [7, 11) is 1.60. The number of amides is 2. The number of aromatic amines is 1. The molecule has 0 saturated heterocycles. The summed E-state index contributed by atoms with van der Waals surface area (Å²) in [6, 6.07) is 5.42. The lowest BCUT2D eigenvalue weighted by atomic mass is 10.1. The van der Waals surface area contributed by atoms with Crippen LogP contribution < -0.4 is 16.3 Å². The molecule has 1 unspecified atom stereocenters. The van der Waals surface area contributed by atoms with Crippen molar-refractivity contribution in [1.82, 2.24) is 25.4 Å². The summed E-state index contributed by atoms with van der Waals surface area (Å²) >= 11 is 0. The summed E-state index contributed by atoms with van der Waals surface area (Å²) in [5.74, 6) is 1.34. The molecule has 1 aromatic carbocycles. The van der Waals surface area contributed by atoms with E-state index in [0.29, 0.717) is 18.8 Å². The van der Waals surface area contributed by atoms with Crippen molar-refractivity contribution < 1.29 is 9.21 Å². The molecule has 0 radical (unpaired) electrons. The smallest absolute Gasteiger partial charge is 0.343 e. The maximum atomic E-state index is 12.1. The van der Waals surface area contributed by atoms with Gasteiger partial charge >= 0.3 is 11.7 Å². The third-order valence-corrected chi connectivity index (χ3v) is 4.46. The number of carbonyl (C=O) groups is 1. The number of urea groups is 1. The molecular weight excluding hydrogens is 334 g/mol.